The molecule has 31 heavy (non-hydrogen) atoms. The molecule has 1 unspecified atom stereocenters. The van der Waals surface area contributed by atoms with Gasteiger partial charge in [0.05, 0.1) is 16.1 Å². The highest BCUT2D eigenvalue weighted by Gasteiger charge is 2.38. The summed E-state index contributed by atoms with van der Waals surface area (Å²) in [5.74, 6) is -0.892. The molecule has 0 spiro atoms. The van der Waals surface area contributed by atoms with Crippen LogP contribution in [0.3, 0.4) is 0 Å². The van der Waals surface area contributed by atoms with E-state index in [1.54, 1.807) is 24.6 Å². The van der Waals surface area contributed by atoms with Crippen molar-refractivity contribution in [2.45, 2.75) is 80.8 Å². The third-order valence-corrected chi connectivity index (χ3v) is 9.58. The number of anilines is 1. The molecule has 2 aliphatic carbocycles. The highest BCUT2D eigenvalue weighted by Crippen LogP contribution is 2.38. The molecular formula is C22H29N3O4S2. The normalized spacial score (nSPS) is 19.0. The summed E-state index contributed by atoms with van der Waals surface area (Å²) in [5.41, 5.74) is 0.109. The molecule has 2 fully saturated rings. The fourth-order valence-corrected chi connectivity index (χ4v) is 7.75. The SMILES string of the molecule is Cc1cc(S(=O)(=O)C2CCCC2)c(C(CC2CCCC2)C(=O)Nc2nccs2)c(=O)[nH]1. The van der Waals surface area contributed by atoms with Crippen LogP contribution in [0.2, 0.25) is 0 Å². The standard InChI is InChI=1S/C22H29N3O4S2/c1-14-12-18(31(28,29)16-8-4-5-9-16)19(21(27)24-14)17(13-15-6-2-3-7-15)20(26)25-22-23-10-11-30-22/h10-12,15-17H,2-9,13H2,1H3,(H,24,27)(H,23,25,26). The van der Waals surface area contributed by atoms with Gasteiger partial charge in [0.2, 0.25) is 5.91 Å². The van der Waals surface area contributed by atoms with E-state index in [0.29, 0.717) is 36.0 Å². The van der Waals surface area contributed by atoms with Crippen molar-refractivity contribution in [3.8, 4) is 0 Å². The lowest BCUT2D eigenvalue weighted by Crippen LogP contribution is -2.32. The number of aromatic amines is 1. The molecule has 0 aromatic carbocycles. The number of aryl methyl sites for hydroxylation is 1. The second-order valence-electron chi connectivity index (χ2n) is 8.78. The Morgan fingerprint density at radius 1 is 1.23 bits per heavy atom. The van der Waals surface area contributed by atoms with E-state index in [9.17, 15) is 18.0 Å². The Bertz CT molecular complexity index is 1080. The molecule has 0 radical (unpaired) electrons. The van der Waals surface area contributed by atoms with Crippen LogP contribution in [0.25, 0.3) is 0 Å². The second kappa shape index (κ2) is 9.24. The van der Waals surface area contributed by atoms with Gasteiger partial charge in [0.15, 0.2) is 15.0 Å². The smallest absolute Gasteiger partial charge is 0.253 e. The van der Waals surface area contributed by atoms with Crippen LogP contribution >= 0.6 is 11.3 Å². The van der Waals surface area contributed by atoms with Gasteiger partial charge in [-0.05, 0) is 38.2 Å². The van der Waals surface area contributed by atoms with Crippen molar-refractivity contribution >= 4 is 32.2 Å². The van der Waals surface area contributed by atoms with Gasteiger partial charge < -0.3 is 10.3 Å². The average molecular weight is 464 g/mol. The van der Waals surface area contributed by atoms with Gasteiger partial charge in [-0.2, -0.15) is 0 Å². The fraction of sp³-hybridized carbons (Fsp3) is 0.591. The van der Waals surface area contributed by atoms with Gasteiger partial charge in [0.25, 0.3) is 5.56 Å². The van der Waals surface area contributed by atoms with E-state index < -0.39 is 26.6 Å². The predicted molar refractivity (Wildman–Crippen MR) is 121 cm³/mol. The van der Waals surface area contributed by atoms with Crippen molar-refractivity contribution < 1.29 is 13.2 Å². The molecule has 2 saturated carbocycles. The summed E-state index contributed by atoms with van der Waals surface area (Å²) in [6, 6.07) is 1.54. The zero-order valence-electron chi connectivity index (χ0n) is 17.7. The van der Waals surface area contributed by atoms with Crippen LogP contribution in [0.5, 0.6) is 0 Å². The number of sulfone groups is 1. The number of H-pyrrole nitrogens is 1. The van der Waals surface area contributed by atoms with E-state index in [0.717, 1.165) is 38.5 Å². The Morgan fingerprint density at radius 2 is 1.90 bits per heavy atom. The molecule has 2 N–H and O–H groups in total. The summed E-state index contributed by atoms with van der Waals surface area (Å²) in [5, 5.41) is 4.53. The number of rotatable bonds is 7. The number of pyridine rings is 1. The van der Waals surface area contributed by atoms with Crippen LogP contribution in [0.1, 0.15) is 75.0 Å². The van der Waals surface area contributed by atoms with Gasteiger partial charge >= 0.3 is 0 Å². The molecule has 2 aromatic heterocycles. The Morgan fingerprint density at radius 3 is 2.55 bits per heavy atom. The van der Waals surface area contributed by atoms with Crippen LogP contribution in [0, 0.1) is 12.8 Å². The number of aromatic nitrogens is 2. The summed E-state index contributed by atoms with van der Waals surface area (Å²) in [6.07, 6.45) is 9.21. The van der Waals surface area contributed by atoms with Crippen molar-refractivity contribution in [3.05, 3.63) is 39.3 Å². The Balaban J connectivity index is 1.79. The molecule has 0 aliphatic heterocycles. The van der Waals surface area contributed by atoms with E-state index >= 15 is 0 Å². The summed E-state index contributed by atoms with van der Waals surface area (Å²) in [4.78, 5) is 33.4. The lowest BCUT2D eigenvalue weighted by molar-refractivity contribution is -0.118. The maximum atomic E-state index is 13.5. The number of amides is 1. The van der Waals surface area contributed by atoms with Gasteiger partial charge in [0.1, 0.15) is 0 Å². The number of hydrogen-bond donors (Lipinski definition) is 2. The lowest BCUT2D eigenvalue weighted by Gasteiger charge is -2.23. The van der Waals surface area contributed by atoms with Gasteiger partial charge in [-0.25, -0.2) is 13.4 Å². The van der Waals surface area contributed by atoms with Gasteiger partial charge in [-0.15, -0.1) is 11.3 Å². The molecule has 7 nitrogen and oxygen atoms in total. The molecule has 2 aliphatic rings. The number of thiazole rings is 1. The minimum atomic E-state index is -3.70. The van der Waals surface area contributed by atoms with Crippen molar-refractivity contribution in [3.63, 3.8) is 0 Å². The first-order valence-electron chi connectivity index (χ1n) is 11.0. The lowest BCUT2D eigenvalue weighted by atomic mass is 9.87. The van der Waals surface area contributed by atoms with Gasteiger partial charge in [-0.3, -0.25) is 9.59 Å². The van der Waals surface area contributed by atoms with Crippen LogP contribution < -0.4 is 10.9 Å². The molecule has 0 bridgehead atoms. The summed E-state index contributed by atoms with van der Waals surface area (Å²) in [6.45, 7) is 1.68. The van der Waals surface area contributed by atoms with E-state index in [-0.39, 0.29) is 16.4 Å². The molecule has 9 heteroatoms. The first-order valence-corrected chi connectivity index (χ1v) is 13.5. The molecule has 1 atom stereocenters. The first kappa shape index (κ1) is 22.2. The van der Waals surface area contributed by atoms with Crippen molar-refractivity contribution in [1.82, 2.24) is 9.97 Å². The van der Waals surface area contributed by atoms with Crippen LogP contribution in [-0.4, -0.2) is 29.5 Å². The maximum absolute atomic E-state index is 13.5. The van der Waals surface area contributed by atoms with E-state index in [1.807, 2.05) is 0 Å². The first-order chi connectivity index (χ1) is 14.9. The zero-order chi connectivity index (χ0) is 22.0. The minimum absolute atomic E-state index is 0.0398. The Hall–Kier alpha value is -2.00. The summed E-state index contributed by atoms with van der Waals surface area (Å²) >= 11 is 1.30. The van der Waals surface area contributed by atoms with E-state index in [4.69, 9.17) is 0 Å². The molecule has 4 rings (SSSR count). The Kier molecular flexibility index (Phi) is 6.62. The minimum Gasteiger partial charge on any atom is -0.326 e. The predicted octanol–water partition coefficient (Wildman–Crippen LogP) is 4.16. The number of carbonyl (C=O) groups excluding carboxylic acids is 1. The molecule has 168 valence electrons. The van der Waals surface area contributed by atoms with Crippen LogP contribution in [0.15, 0.2) is 27.3 Å². The third-order valence-electron chi connectivity index (χ3n) is 6.59. The highest BCUT2D eigenvalue weighted by molar-refractivity contribution is 7.92. The monoisotopic (exact) mass is 463 g/mol. The maximum Gasteiger partial charge on any atom is 0.253 e. The molecule has 2 aromatic rings. The van der Waals surface area contributed by atoms with Crippen LogP contribution in [-0.2, 0) is 14.6 Å². The summed E-state index contributed by atoms with van der Waals surface area (Å²) in [7, 11) is -3.70. The second-order valence-corrected chi connectivity index (χ2v) is 11.9. The molecule has 1 amide bonds. The van der Waals surface area contributed by atoms with Gasteiger partial charge in [0, 0.05) is 22.8 Å². The summed E-state index contributed by atoms with van der Waals surface area (Å²) < 4.78 is 27.1. The zero-order valence-corrected chi connectivity index (χ0v) is 19.4. The average Bonchev–Trinajstić information content (AvgIpc) is 3.48. The molecular weight excluding hydrogens is 434 g/mol. The molecule has 0 saturated heterocycles. The molecule has 2 heterocycles. The van der Waals surface area contributed by atoms with Crippen molar-refractivity contribution in [2.24, 2.45) is 5.92 Å². The number of nitrogens with zero attached hydrogens (tertiary/aromatic N) is 1. The topological polar surface area (TPSA) is 109 Å². The largest absolute Gasteiger partial charge is 0.326 e. The van der Waals surface area contributed by atoms with Gasteiger partial charge in [-0.1, -0.05) is 38.5 Å². The van der Waals surface area contributed by atoms with Crippen molar-refractivity contribution in [1.29, 1.82) is 0 Å². The quantitative estimate of drug-likeness (QED) is 0.641. The third kappa shape index (κ3) is 4.77. The number of hydrogen-bond acceptors (Lipinski definition) is 6. The Labute approximate surface area is 186 Å². The number of nitrogens with one attached hydrogen (secondary N) is 2. The van der Waals surface area contributed by atoms with E-state index in [2.05, 4.69) is 15.3 Å². The highest BCUT2D eigenvalue weighted by atomic mass is 32.2. The number of carbonyl (C=O) groups is 1. The van der Waals surface area contributed by atoms with Crippen LogP contribution in [0.4, 0.5) is 5.13 Å². The van der Waals surface area contributed by atoms with Crippen molar-refractivity contribution in [2.75, 3.05) is 5.32 Å². The fourth-order valence-electron chi connectivity index (χ4n) is 5.03. The van der Waals surface area contributed by atoms with E-state index in [1.165, 1.54) is 11.3 Å².